The van der Waals surface area contributed by atoms with Crippen LogP contribution >= 0.6 is 0 Å². The Kier molecular flexibility index (Phi) is 5.20. The number of hydrogen-bond acceptors (Lipinski definition) is 2. The van der Waals surface area contributed by atoms with Crippen LogP contribution in [0.3, 0.4) is 0 Å². The maximum Gasteiger partial charge on any atom is 0.418 e. The van der Waals surface area contributed by atoms with Gasteiger partial charge in [-0.3, -0.25) is 4.79 Å². The third kappa shape index (κ3) is 4.98. The van der Waals surface area contributed by atoms with Gasteiger partial charge in [-0.05, 0) is 29.8 Å². The lowest BCUT2D eigenvalue weighted by Crippen LogP contribution is -2.29. The summed E-state index contributed by atoms with van der Waals surface area (Å²) < 4.78 is 51.1. The second-order valence-electron chi connectivity index (χ2n) is 4.80. The van der Waals surface area contributed by atoms with Crippen molar-refractivity contribution in [1.29, 1.82) is 0 Å². The highest BCUT2D eigenvalue weighted by atomic mass is 19.4. The molecule has 23 heavy (non-hydrogen) atoms. The van der Waals surface area contributed by atoms with E-state index in [1.165, 1.54) is 42.5 Å². The zero-order chi connectivity index (χ0) is 16.9. The van der Waals surface area contributed by atoms with E-state index in [1.807, 2.05) is 0 Å². The highest BCUT2D eigenvalue weighted by Crippen LogP contribution is 2.34. The van der Waals surface area contributed by atoms with Gasteiger partial charge in [0.1, 0.15) is 5.82 Å². The number of carbonyl (C=O) groups excluding carboxylic acids is 1. The summed E-state index contributed by atoms with van der Waals surface area (Å²) in [6, 6.07) is 10.5. The summed E-state index contributed by atoms with van der Waals surface area (Å²) in [7, 11) is 0. The fourth-order valence-electron chi connectivity index (χ4n) is 1.93. The van der Waals surface area contributed by atoms with Crippen LogP contribution in [0.2, 0.25) is 0 Å². The zero-order valence-corrected chi connectivity index (χ0v) is 12.0. The van der Waals surface area contributed by atoms with Crippen molar-refractivity contribution in [1.82, 2.24) is 5.32 Å². The fourth-order valence-corrected chi connectivity index (χ4v) is 1.93. The van der Waals surface area contributed by atoms with E-state index >= 15 is 0 Å². The molecule has 0 radical (unpaired) electrons. The summed E-state index contributed by atoms with van der Waals surface area (Å²) in [5.41, 5.74) is -0.293. The lowest BCUT2D eigenvalue weighted by molar-refractivity contribution is -0.137. The van der Waals surface area contributed by atoms with Crippen molar-refractivity contribution in [3.05, 3.63) is 65.5 Å². The Balaban J connectivity index is 1.89. The first-order valence-corrected chi connectivity index (χ1v) is 6.77. The minimum absolute atomic E-state index is 0.156. The number of nitrogens with one attached hydrogen (secondary N) is 2. The van der Waals surface area contributed by atoms with Crippen molar-refractivity contribution < 1.29 is 22.4 Å². The van der Waals surface area contributed by atoms with Crippen LogP contribution in [-0.2, 0) is 17.5 Å². The number of halogens is 4. The van der Waals surface area contributed by atoms with Crippen LogP contribution in [0.4, 0.5) is 23.2 Å². The summed E-state index contributed by atoms with van der Waals surface area (Å²) in [4.78, 5) is 11.7. The predicted molar refractivity (Wildman–Crippen MR) is 78.2 cm³/mol. The van der Waals surface area contributed by atoms with Gasteiger partial charge in [0.15, 0.2) is 0 Å². The third-order valence-corrected chi connectivity index (χ3v) is 3.07. The van der Waals surface area contributed by atoms with Gasteiger partial charge in [-0.15, -0.1) is 0 Å². The van der Waals surface area contributed by atoms with Crippen LogP contribution in [-0.4, -0.2) is 12.5 Å². The standard InChI is InChI=1S/C16H14F4N2O/c17-12-7-5-11(6-8-12)9-22-15(23)10-21-14-4-2-1-3-13(14)16(18,19)20/h1-8,21H,9-10H2,(H,22,23). The zero-order valence-electron chi connectivity index (χ0n) is 12.0. The minimum Gasteiger partial charge on any atom is -0.376 e. The average Bonchev–Trinajstić information content (AvgIpc) is 2.52. The van der Waals surface area contributed by atoms with Crippen LogP contribution in [0.25, 0.3) is 0 Å². The highest BCUT2D eigenvalue weighted by molar-refractivity contribution is 5.81. The molecule has 3 nitrogen and oxygen atoms in total. The molecular weight excluding hydrogens is 312 g/mol. The highest BCUT2D eigenvalue weighted by Gasteiger charge is 2.33. The molecule has 0 aliphatic heterocycles. The number of hydrogen-bond donors (Lipinski definition) is 2. The summed E-state index contributed by atoms with van der Waals surface area (Å²) in [5, 5.41) is 5.01. The second-order valence-corrected chi connectivity index (χ2v) is 4.80. The van der Waals surface area contributed by atoms with Crippen molar-refractivity contribution in [2.24, 2.45) is 0 Å². The van der Waals surface area contributed by atoms with Gasteiger partial charge in [0.2, 0.25) is 5.91 Å². The molecule has 0 bridgehead atoms. The van der Waals surface area contributed by atoms with Crippen molar-refractivity contribution in [2.75, 3.05) is 11.9 Å². The largest absolute Gasteiger partial charge is 0.418 e. The summed E-state index contributed by atoms with van der Waals surface area (Å²) in [6.07, 6.45) is -4.49. The Bertz CT molecular complexity index is 669. The van der Waals surface area contributed by atoms with Gasteiger partial charge >= 0.3 is 6.18 Å². The van der Waals surface area contributed by atoms with E-state index in [2.05, 4.69) is 10.6 Å². The van der Waals surface area contributed by atoms with Gasteiger partial charge in [0.25, 0.3) is 0 Å². The van der Waals surface area contributed by atoms with Crippen LogP contribution in [0.5, 0.6) is 0 Å². The van der Waals surface area contributed by atoms with E-state index in [9.17, 15) is 22.4 Å². The van der Waals surface area contributed by atoms with E-state index in [4.69, 9.17) is 0 Å². The maximum atomic E-state index is 12.8. The number of carbonyl (C=O) groups is 1. The second kappa shape index (κ2) is 7.13. The van der Waals surface area contributed by atoms with Gasteiger partial charge in [-0.1, -0.05) is 24.3 Å². The number of amides is 1. The van der Waals surface area contributed by atoms with Crippen LogP contribution in [0.15, 0.2) is 48.5 Å². The number of alkyl halides is 3. The Morgan fingerprint density at radius 2 is 1.65 bits per heavy atom. The van der Waals surface area contributed by atoms with Gasteiger partial charge in [0.05, 0.1) is 12.1 Å². The van der Waals surface area contributed by atoms with Gasteiger partial charge in [-0.25, -0.2) is 4.39 Å². The molecule has 0 aliphatic rings. The van der Waals surface area contributed by atoms with Crippen molar-refractivity contribution in [3.8, 4) is 0 Å². The molecule has 0 atom stereocenters. The Hall–Kier alpha value is -2.57. The van der Waals surface area contributed by atoms with E-state index in [1.54, 1.807) is 0 Å². The molecule has 2 aromatic rings. The summed E-state index contributed by atoms with van der Waals surface area (Å²) in [5.74, 6) is -0.850. The molecule has 0 saturated carbocycles. The number of benzene rings is 2. The first kappa shape index (κ1) is 16.8. The third-order valence-electron chi connectivity index (χ3n) is 3.07. The molecule has 1 amide bonds. The fraction of sp³-hybridized carbons (Fsp3) is 0.188. The lowest BCUT2D eigenvalue weighted by Gasteiger charge is -2.14. The summed E-state index contributed by atoms with van der Waals surface area (Å²) >= 11 is 0. The van der Waals surface area contributed by atoms with Crippen molar-refractivity contribution >= 4 is 11.6 Å². The molecule has 0 heterocycles. The van der Waals surface area contributed by atoms with Gasteiger partial charge < -0.3 is 10.6 Å². The predicted octanol–water partition coefficient (Wildman–Crippen LogP) is 3.57. The molecular formula is C16H14F4N2O. The lowest BCUT2D eigenvalue weighted by atomic mass is 10.1. The van der Waals surface area contributed by atoms with E-state index in [0.717, 1.165) is 6.07 Å². The quantitative estimate of drug-likeness (QED) is 0.825. The molecule has 0 spiro atoms. The topological polar surface area (TPSA) is 41.1 Å². The monoisotopic (exact) mass is 326 g/mol. The first-order chi connectivity index (χ1) is 10.9. The molecule has 2 rings (SSSR count). The van der Waals surface area contributed by atoms with Gasteiger partial charge in [0, 0.05) is 12.2 Å². The Morgan fingerprint density at radius 3 is 2.30 bits per heavy atom. The SMILES string of the molecule is O=C(CNc1ccccc1C(F)(F)F)NCc1ccc(F)cc1. The molecule has 0 aliphatic carbocycles. The van der Waals surface area contributed by atoms with Crippen LogP contribution in [0, 0.1) is 5.82 Å². The molecule has 0 fully saturated rings. The van der Waals surface area contributed by atoms with E-state index in [0.29, 0.717) is 5.56 Å². The summed E-state index contributed by atoms with van der Waals surface area (Å²) in [6.45, 7) is -0.129. The average molecular weight is 326 g/mol. The first-order valence-electron chi connectivity index (χ1n) is 6.77. The Morgan fingerprint density at radius 1 is 1.00 bits per heavy atom. The molecule has 2 aromatic carbocycles. The molecule has 0 unspecified atom stereocenters. The van der Waals surface area contributed by atoms with E-state index < -0.39 is 17.6 Å². The molecule has 0 aromatic heterocycles. The molecule has 2 N–H and O–H groups in total. The number of anilines is 1. The smallest absolute Gasteiger partial charge is 0.376 e. The Labute approximate surface area is 130 Å². The minimum atomic E-state index is -4.49. The van der Waals surface area contributed by atoms with Crippen molar-refractivity contribution in [3.63, 3.8) is 0 Å². The van der Waals surface area contributed by atoms with Gasteiger partial charge in [-0.2, -0.15) is 13.2 Å². The van der Waals surface area contributed by atoms with Crippen LogP contribution < -0.4 is 10.6 Å². The number of rotatable bonds is 5. The molecule has 7 heteroatoms. The van der Waals surface area contributed by atoms with Crippen LogP contribution in [0.1, 0.15) is 11.1 Å². The van der Waals surface area contributed by atoms with Crippen molar-refractivity contribution in [2.45, 2.75) is 12.7 Å². The maximum absolute atomic E-state index is 12.8. The molecule has 0 saturated heterocycles. The van der Waals surface area contributed by atoms with E-state index in [-0.39, 0.29) is 24.6 Å². The number of para-hydroxylation sites is 1. The molecule has 122 valence electrons. The normalized spacial score (nSPS) is 11.1.